The Morgan fingerprint density at radius 2 is 2.00 bits per heavy atom. The van der Waals surface area contributed by atoms with Gasteiger partial charge in [0.2, 0.25) is 11.8 Å². The Morgan fingerprint density at radius 1 is 1.31 bits per heavy atom. The molecule has 1 saturated heterocycles. The lowest BCUT2D eigenvalue weighted by molar-refractivity contribution is -0.125. The first kappa shape index (κ1) is 18.7. The van der Waals surface area contributed by atoms with E-state index in [0.717, 1.165) is 37.2 Å². The van der Waals surface area contributed by atoms with Crippen molar-refractivity contribution < 1.29 is 14.3 Å². The fourth-order valence-corrected chi connectivity index (χ4v) is 4.04. The molecule has 26 heavy (non-hydrogen) atoms. The highest BCUT2D eigenvalue weighted by atomic mass is 16.5. The van der Waals surface area contributed by atoms with Crippen molar-refractivity contribution in [3.8, 4) is 5.75 Å². The highest BCUT2D eigenvalue weighted by Gasteiger charge is 2.66. The zero-order chi connectivity index (χ0) is 18.8. The zero-order valence-electron chi connectivity index (χ0n) is 15.9. The number of benzene rings is 1. The fraction of sp³-hybridized carbons (Fsp3) is 0.600. The maximum absolute atomic E-state index is 13.0. The third-order valence-electron chi connectivity index (χ3n) is 5.76. The maximum atomic E-state index is 13.0. The van der Waals surface area contributed by atoms with Crippen LogP contribution in [0, 0.1) is 5.41 Å². The molecule has 2 aliphatic rings. The topological polar surface area (TPSA) is 70.7 Å². The molecule has 0 radical (unpaired) electrons. The predicted molar refractivity (Wildman–Crippen MR) is 100 cm³/mol. The Hall–Kier alpha value is -2.08. The molecule has 0 bridgehead atoms. The molecule has 6 heteroatoms. The summed E-state index contributed by atoms with van der Waals surface area (Å²) in [7, 11) is 1.64. The summed E-state index contributed by atoms with van der Waals surface area (Å²) in [6.45, 7) is 7.78. The van der Waals surface area contributed by atoms with Gasteiger partial charge in [-0.2, -0.15) is 0 Å². The Kier molecular flexibility index (Phi) is 5.23. The molecule has 0 spiro atoms. The Morgan fingerprint density at radius 3 is 2.58 bits per heavy atom. The van der Waals surface area contributed by atoms with Gasteiger partial charge in [0.25, 0.3) is 0 Å². The lowest BCUT2D eigenvalue weighted by Gasteiger charge is -2.26. The number of hydrogen-bond donors (Lipinski definition) is 2. The summed E-state index contributed by atoms with van der Waals surface area (Å²) in [6, 6.07) is 7.83. The van der Waals surface area contributed by atoms with Crippen molar-refractivity contribution in [1.29, 1.82) is 0 Å². The normalized spacial score (nSPS) is 24.7. The summed E-state index contributed by atoms with van der Waals surface area (Å²) in [4.78, 5) is 26.5. The van der Waals surface area contributed by atoms with Crippen LogP contribution in [0.2, 0.25) is 0 Å². The molecule has 0 aromatic heterocycles. The highest BCUT2D eigenvalue weighted by Crippen LogP contribution is 2.64. The van der Waals surface area contributed by atoms with Gasteiger partial charge in [-0.05, 0) is 36.0 Å². The quantitative estimate of drug-likeness (QED) is 0.720. The fourth-order valence-electron chi connectivity index (χ4n) is 4.04. The number of ether oxygens (including phenoxy) is 1. The lowest BCUT2D eigenvalue weighted by atomic mass is 9.87. The van der Waals surface area contributed by atoms with E-state index in [4.69, 9.17) is 4.74 Å². The monoisotopic (exact) mass is 359 g/mol. The number of carbonyl (C=O) groups is 2. The van der Waals surface area contributed by atoms with Crippen molar-refractivity contribution in [3.05, 3.63) is 29.8 Å². The first-order valence-corrected chi connectivity index (χ1v) is 9.31. The lowest BCUT2D eigenvalue weighted by Crippen LogP contribution is -2.48. The maximum Gasteiger partial charge on any atom is 0.234 e. The first-order chi connectivity index (χ1) is 12.4. The highest BCUT2D eigenvalue weighted by molar-refractivity contribution is 5.93. The molecule has 2 fully saturated rings. The second-order valence-corrected chi connectivity index (χ2v) is 7.93. The number of carbonyl (C=O) groups excluding carboxylic acids is 2. The van der Waals surface area contributed by atoms with E-state index < -0.39 is 5.41 Å². The number of methoxy groups -OCH3 is 1. The van der Waals surface area contributed by atoms with Crippen LogP contribution in [0.3, 0.4) is 0 Å². The van der Waals surface area contributed by atoms with Gasteiger partial charge in [0.05, 0.1) is 19.1 Å². The van der Waals surface area contributed by atoms with Gasteiger partial charge in [-0.3, -0.25) is 14.5 Å². The van der Waals surface area contributed by atoms with Crippen LogP contribution < -0.4 is 15.4 Å². The summed E-state index contributed by atoms with van der Waals surface area (Å²) in [6.07, 6.45) is 1.70. The van der Waals surface area contributed by atoms with Crippen LogP contribution in [0.4, 0.5) is 0 Å². The van der Waals surface area contributed by atoms with Gasteiger partial charge in [0, 0.05) is 26.2 Å². The van der Waals surface area contributed by atoms with Gasteiger partial charge in [-0.1, -0.05) is 26.0 Å². The van der Waals surface area contributed by atoms with Gasteiger partial charge in [0.15, 0.2) is 0 Å². The summed E-state index contributed by atoms with van der Waals surface area (Å²) < 4.78 is 5.23. The molecule has 1 aliphatic heterocycles. The predicted octanol–water partition coefficient (Wildman–Crippen LogP) is 1.30. The minimum Gasteiger partial charge on any atom is -0.497 e. The molecule has 142 valence electrons. The van der Waals surface area contributed by atoms with Crippen molar-refractivity contribution in [2.24, 2.45) is 5.41 Å². The molecule has 2 N–H and O–H groups in total. The largest absolute Gasteiger partial charge is 0.497 e. The molecule has 3 rings (SSSR count). The van der Waals surface area contributed by atoms with Crippen LogP contribution in [0.25, 0.3) is 0 Å². The van der Waals surface area contributed by atoms with E-state index in [-0.39, 0.29) is 17.2 Å². The van der Waals surface area contributed by atoms with Crippen molar-refractivity contribution in [3.63, 3.8) is 0 Å². The molecule has 6 nitrogen and oxygen atoms in total. The van der Waals surface area contributed by atoms with Crippen LogP contribution >= 0.6 is 0 Å². The molecule has 2 amide bonds. The molecule has 1 unspecified atom stereocenters. The molecular weight excluding hydrogens is 330 g/mol. The van der Waals surface area contributed by atoms with Crippen LogP contribution in [-0.2, 0) is 15.0 Å². The van der Waals surface area contributed by atoms with Gasteiger partial charge in [0.1, 0.15) is 5.75 Å². The van der Waals surface area contributed by atoms with Gasteiger partial charge in [-0.25, -0.2) is 0 Å². The Balaban J connectivity index is 1.55. The van der Waals surface area contributed by atoms with Gasteiger partial charge >= 0.3 is 0 Å². The average molecular weight is 359 g/mol. The summed E-state index contributed by atoms with van der Waals surface area (Å²) in [5.41, 5.74) is 0.550. The minimum absolute atomic E-state index is 0.0450. The van der Waals surface area contributed by atoms with E-state index in [2.05, 4.69) is 29.4 Å². The van der Waals surface area contributed by atoms with E-state index in [9.17, 15) is 9.59 Å². The second kappa shape index (κ2) is 7.27. The van der Waals surface area contributed by atoms with Crippen LogP contribution in [0.5, 0.6) is 5.75 Å². The second-order valence-electron chi connectivity index (χ2n) is 7.93. The van der Waals surface area contributed by atoms with E-state index in [1.807, 2.05) is 24.3 Å². The molecule has 1 aromatic carbocycles. The average Bonchev–Trinajstić information content (AvgIpc) is 3.22. The standard InChI is InChI=1S/C20H29N3O3/c1-19(2)14-20(19,15-5-7-16(26-3)8-6-15)18(25)22-9-4-11-23-12-10-21-17(24)13-23/h5-8H,4,9-14H2,1-3H3,(H,21,24)(H,22,25). The van der Waals surface area contributed by atoms with Gasteiger partial charge in [-0.15, -0.1) is 0 Å². The van der Waals surface area contributed by atoms with Crippen LogP contribution in [-0.4, -0.2) is 56.5 Å². The van der Waals surface area contributed by atoms with Crippen molar-refractivity contribution in [1.82, 2.24) is 15.5 Å². The third-order valence-corrected chi connectivity index (χ3v) is 5.76. The van der Waals surface area contributed by atoms with Crippen LogP contribution in [0.1, 0.15) is 32.3 Å². The third kappa shape index (κ3) is 3.56. The number of nitrogens with one attached hydrogen (secondary N) is 2. The van der Waals surface area contributed by atoms with Crippen molar-refractivity contribution >= 4 is 11.8 Å². The minimum atomic E-state index is -0.454. The Bertz CT molecular complexity index is 671. The van der Waals surface area contributed by atoms with Gasteiger partial charge < -0.3 is 15.4 Å². The summed E-state index contributed by atoms with van der Waals surface area (Å²) in [5, 5.41) is 5.95. The molecule has 1 aliphatic carbocycles. The van der Waals surface area contributed by atoms with Crippen molar-refractivity contribution in [2.45, 2.75) is 32.1 Å². The van der Waals surface area contributed by atoms with E-state index in [0.29, 0.717) is 19.6 Å². The molecule has 1 aromatic rings. The zero-order valence-corrected chi connectivity index (χ0v) is 15.9. The molecule has 1 atom stereocenters. The number of nitrogens with zero attached hydrogens (tertiary/aromatic N) is 1. The number of piperazine rings is 1. The van der Waals surface area contributed by atoms with E-state index in [1.165, 1.54) is 0 Å². The smallest absolute Gasteiger partial charge is 0.234 e. The number of hydrogen-bond acceptors (Lipinski definition) is 4. The summed E-state index contributed by atoms with van der Waals surface area (Å²) in [5.74, 6) is 0.982. The van der Waals surface area contributed by atoms with E-state index >= 15 is 0 Å². The summed E-state index contributed by atoms with van der Waals surface area (Å²) >= 11 is 0. The van der Waals surface area contributed by atoms with E-state index in [1.54, 1.807) is 7.11 Å². The first-order valence-electron chi connectivity index (χ1n) is 9.31. The molecule has 1 saturated carbocycles. The van der Waals surface area contributed by atoms with Crippen molar-refractivity contribution in [2.75, 3.05) is 39.8 Å². The SMILES string of the molecule is COc1ccc(C2(C(=O)NCCCN3CCNC(=O)C3)CC2(C)C)cc1. The number of amides is 2. The molecular formula is C20H29N3O3. The number of rotatable bonds is 7. The van der Waals surface area contributed by atoms with Crippen LogP contribution in [0.15, 0.2) is 24.3 Å². The molecule has 1 heterocycles. The Labute approximate surface area is 155 Å².